The Kier molecular flexibility index (Phi) is 4.94. The van der Waals surface area contributed by atoms with Crippen LogP contribution in [-0.2, 0) is 14.3 Å². The van der Waals surface area contributed by atoms with Crippen LogP contribution in [0.3, 0.4) is 0 Å². The zero-order chi connectivity index (χ0) is 15.2. The van der Waals surface area contributed by atoms with Crippen molar-refractivity contribution in [3.63, 3.8) is 0 Å². The van der Waals surface area contributed by atoms with Gasteiger partial charge in [-0.15, -0.1) is 0 Å². The molecule has 110 valence electrons. The third kappa shape index (κ3) is 3.82. The van der Waals surface area contributed by atoms with Crippen molar-refractivity contribution in [3.05, 3.63) is 35.9 Å². The summed E-state index contributed by atoms with van der Waals surface area (Å²) in [7, 11) is 0. The Hall–Kier alpha value is -2.35. The molecule has 21 heavy (non-hydrogen) atoms. The van der Waals surface area contributed by atoms with Crippen LogP contribution < -0.4 is 0 Å². The minimum Gasteiger partial charge on any atom is -0.465 e. The summed E-state index contributed by atoms with van der Waals surface area (Å²) in [6.45, 7) is 1.93. The zero-order valence-corrected chi connectivity index (χ0v) is 12.0. The van der Waals surface area contributed by atoms with Gasteiger partial charge in [-0.1, -0.05) is 30.3 Å². The second-order valence-electron chi connectivity index (χ2n) is 4.98. The van der Waals surface area contributed by atoms with Crippen LogP contribution in [0.25, 0.3) is 0 Å². The molecule has 0 radical (unpaired) electrons. The molecule has 1 amide bonds. The van der Waals surface area contributed by atoms with E-state index in [2.05, 4.69) is 0 Å². The lowest BCUT2D eigenvalue weighted by Crippen LogP contribution is -2.40. The van der Waals surface area contributed by atoms with Gasteiger partial charge in [-0.2, -0.15) is 5.26 Å². The highest BCUT2D eigenvalue weighted by molar-refractivity contribution is 5.89. The molecule has 0 aromatic heterocycles. The smallest absolute Gasteiger partial charge is 0.325 e. The fourth-order valence-corrected chi connectivity index (χ4v) is 2.20. The number of nitriles is 1. The third-order valence-electron chi connectivity index (χ3n) is 3.38. The summed E-state index contributed by atoms with van der Waals surface area (Å²) >= 11 is 0. The predicted octanol–water partition coefficient (Wildman–Crippen LogP) is 1.85. The molecule has 1 unspecified atom stereocenters. The number of ether oxygens (including phenoxy) is 1. The first-order valence-corrected chi connectivity index (χ1v) is 7.08. The normalized spacial score (nSPS) is 14.9. The topological polar surface area (TPSA) is 70.4 Å². The summed E-state index contributed by atoms with van der Waals surface area (Å²) in [4.78, 5) is 25.7. The molecule has 1 fully saturated rings. The summed E-state index contributed by atoms with van der Waals surface area (Å²) in [5.74, 6) is -1.62. The van der Waals surface area contributed by atoms with Gasteiger partial charge in [-0.25, -0.2) is 0 Å². The predicted molar refractivity (Wildman–Crippen MR) is 76.2 cm³/mol. The van der Waals surface area contributed by atoms with E-state index >= 15 is 0 Å². The summed E-state index contributed by atoms with van der Waals surface area (Å²) in [6.07, 6.45) is 1.75. The molecule has 2 rings (SSSR count). The Balaban J connectivity index is 2.14. The zero-order valence-electron chi connectivity index (χ0n) is 12.0. The van der Waals surface area contributed by atoms with Crippen LogP contribution in [0.1, 0.15) is 31.2 Å². The maximum Gasteiger partial charge on any atom is 0.325 e. The highest BCUT2D eigenvalue weighted by Crippen LogP contribution is 2.30. The molecule has 1 saturated carbocycles. The van der Waals surface area contributed by atoms with Gasteiger partial charge in [0.2, 0.25) is 5.91 Å². The standard InChI is InChI=1S/C16H18N2O3/c1-2-21-15(19)11-18(13-8-9-13)16(20)14(10-17)12-6-4-3-5-7-12/h3-7,13-14H,2,8-9,11H2,1H3. The second kappa shape index (κ2) is 6.89. The van der Waals surface area contributed by atoms with E-state index in [9.17, 15) is 14.9 Å². The molecule has 1 aliphatic rings. The maximum absolute atomic E-state index is 12.6. The van der Waals surface area contributed by atoms with Gasteiger partial charge in [0.25, 0.3) is 0 Å². The molecule has 0 aliphatic heterocycles. The molecule has 0 saturated heterocycles. The van der Waals surface area contributed by atoms with Gasteiger partial charge in [0.15, 0.2) is 0 Å². The number of rotatable bonds is 6. The van der Waals surface area contributed by atoms with Crippen molar-refractivity contribution < 1.29 is 14.3 Å². The number of amides is 1. The van der Waals surface area contributed by atoms with Gasteiger partial charge in [0.1, 0.15) is 12.5 Å². The number of nitrogens with zero attached hydrogens (tertiary/aromatic N) is 2. The molecular weight excluding hydrogens is 268 g/mol. The van der Waals surface area contributed by atoms with E-state index < -0.39 is 11.9 Å². The van der Waals surface area contributed by atoms with Gasteiger partial charge in [-0.05, 0) is 25.3 Å². The molecule has 1 aromatic rings. The molecule has 0 spiro atoms. The Bertz CT molecular complexity index is 546. The molecule has 0 bridgehead atoms. The van der Waals surface area contributed by atoms with Crippen molar-refractivity contribution in [1.82, 2.24) is 4.90 Å². The highest BCUT2D eigenvalue weighted by atomic mass is 16.5. The quantitative estimate of drug-likeness (QED) is 0.748. The Morgan fingerprint density at radius 3 is 2.57 bits per heavy atom. The first-order chi connectivity index (χ1) is 10.2. The number of hydrogen-bond donors (Lipinski definition) is 0. The van der Waals surface area contributed by atoms with Gasteiger partial charge < -0.3 is 9.64 Å². The molecule has 5 heteroatoms. The third-order valence-corrected chi connectivity index (χ3v) is 3.38. The van der Waals surface area contributed by atoms with Gasteiger partial charge in [0, 0.05) is 6.04 Å². The maximum atomic E-state index is 12.6. The molecule has 1 aliphatic carbocycles. The number of benzene rings is 1. The van der Waals surface area contributed by atoms with E-state index in [-0.39, 0.29) is 25.1 Å². The molecule has 1 atom stereocenters. The number of esters is 1. The van der Waals surface area contributed by atoms with Crippen LogP contribution in [0.4, 0.5) is 0 Å². The lowest BCUT2D eigenvalue weighted by Gasteiger charge is -2.23. The van der Waals surface area contributed by atoms with E-state index in [1.807, 2.05) is 12.1 Å². The van der Waals surface area contributed by atoms with Crippen molar-refractivity contribution >= 4 is 11.9 Å². The van der Waals surface area contributed by atoms with E-state index in [1.54, 1.807) is 31.2 Å². The Morgan fingerprint density at radius 2 is 2.05 bits per heavy atom. The summed E-state index contributed by atoms with van der Waals surface area (Å²) in [5.41, 5.74) is 0.652. The van der Waals surface area contributed by atoms with Crippen LogP contribution in [0, 0.1) is 11.3 Å². The van der Waals surface area contributed by atoms with Crippen molar-refractivity contribution in [2.45, 2.75) is 31.7 Å². The lowest BCUT2D eigenvalue weighted by molar-refractivity contribution is -0.149. The van der Waals surface area contributed by atoms with Crippen LogP contribution >= 0.6 is 0 Å². The molecule has 0 N–H and O–H groups in total. The molecular formula is C16H18N2O3. The van der Waals surface area contributed by atoms with Gasteiger partial charge >= 0.3 is 5.97 Å². The van der Waals surface area contributed by atoms with E-state index in [4.69, 9.17) is 4.74 Å². The first-order valence-electron chi connectivity index (χ1n) is 7.08. The SMILES string of the molecule is CCOC(=O)CN(C(=O)C(C#N)c1ccccc1)C1CC1. The van der Waals surface area contributed by atoms with E-state index in [0.717, 1.165) is 12.8 Å². The van der Waals surface area contributed by atoms with Crippen LogP contribution in [0.2, 0.25) is 0 Å². The summed E-state index contributed by atoms with van der Waals surface area (Å²) in [6, 6.07) is 11.0. The second-order valence-corrected chi connectivity index (χ2v) is 4.98. The summed E-state index contributed by atoms with van der Waals surface area (Å²) < 4.78 is 4.90. The first kappa shape index (κ1) is 15.0. The molecule has 5 nitrogen and oxygen atoms in total. The van der Waals surface area contributed by atoms with Crippen molar-refractivity contribution in [1.29, 1.82) is 5.26 Å². The van der Waals surface area contributed by atoms with Crippen molar-refractivity contribution in [2.24, 2.45) is 0 Å². The monoisotopic (exact) mass is 286 g/mol. The van der Waals surface area contributed by atoms with Crippen LogP contribution in [0.15, 0.2) is 30.3 Å². The van der Waals surface area contributed by atoms with Crippen LogP contribution in [0.5, 0.6) is 0 Å². The fraction of sp³-hybridized carbons (Fsp3) is 0.438. The molecule has 0 heterocycles. The van der Waals surface area contributed by atoms with E-state index in [0.29, 0.717) is 5.56 Å². The van der Waals surface area contributed by atoms with E-state index in [1.165, 1.54) is 4.90 Å². The van der Waals surface area contributed by atoms with Gasteiger partial charge in [-0.3, -0.25) is 9.59 Å². The largest absolute Gasteiger partial charge is 0.465 e. The van der Waals surface area contributed by atoms with Crippen molar-refractivity contribution in [2.75, 3.05) is 13.2 Å². The average molecular weight is 286 g/mol. The highest BCUT2D eigenvalue weighted by Gasteiger charge is 2.37. The fourth-order valence-electron chi connectivity index (χ4n) is 2.20. The number of carbonyl (C=O) groups is 2. The van der Waals surface area contributed by atoms with Gasteiger partial charge in [0.05, 0.1) is 12.7 Å². The summed E-state index contributed by atoms with van der Waals surface area (Å²) in [5, 5.41) is 9.32. The lowest BCUT2D eigenvalue weighted by atomic mass is 9.99. The van der Waals surface area contributed by atoms with Crippen LogP contribution in [-0.4, -0.2) is 36.0 Å². The molecule has 1 aromatic carbocycles. The minimum absolute atomic E-state index is 0.0569. The number of carbonyl (C=O) groups excluding carboxylic acids is 2. The average Bonchev–Trinajstić information content (AvgIpc) is 3.31. The van der Waals surface area contributed by atoms with Crippen molar-refractivity contribution in [3.8, 4) is 6.07 Å². The number of hydrogen-bond acceptors (Lipinski definition) is 4. The Labute approximate surface area is 124 Å². The minimum atomic E-state index is -0.874. The Morgan fingerprint density at radius 1 is 1.38 bits per heavy atom.